The van der Waals surface area contributed by atoms with Crippen molar-refractivity contribution in [1.29, 1.82) is 0 Å². The summed E-state index contributed by atoms with van der Waals surface area (Å²) in [6.45, 7) is 0. The molecule has 0 atom stereocenters. The average molecular weight is 352 g/mol. The van der Waals surface area contributed by atoms with Crippen LogP contribution in [-0.4, -0.2) is 14.7 Å². The average Bonchev–Trinajstić information content (AvgIpc) is 2.59. The molecule has 25 heavy (non-hydrogen) atoms. The fraction of sp³-hybridized carbons (Fsp3) is 0. The van der Waals surface area contributed by atoms with Crippen LogP contribution < -0.4 is 0 Å². The first-order valence-corrected chi connectivity index (χ1v) is 9.24. The first-order valence-electron chi connectivity index (χ1n) is 7.68. The number of fused-ring (bicyclic) bond motifs is 2. The minimum Gasteiger partial charge on any atom is -0.303 e. The molecule has 4 nitrogen and oxygen atoms in total. The van der Waals surface area contributed by atoms with E-state index < -0.39 is 7.82 Å². The normalized spacial score (nSPS) is 11.2. The smallest absolute Gasteiger partial charge is 0.303 e. The molecule has 0 heterocycles. The van der Waals surface area contributed by atoms with Gasteiger partial charge in [0.25, 0.3) is 0 Å². The van der Waals surface area contributed by atoms with Gasteiger partial charge in [-0.25, -0.2) is 4.57 Å². The van der Waals surface area contributed by atoms with Gasteiger partial charge in [-0.05, 0) is 32.7 Å². The Morgan fingerprint density at radius 1 is 0.520 bits per heavy atom. The van der Waals surface area contributed by atoms with Crippen LogP contribution in [0, 0.1) is 0 Å². The van der Waals surface area contributed by atoms with Crippen molar-refractivity contribution >= 4 is 29.4 Å². The maximum absolute atomic E-state index is 8.88. The molecule has 4 aromatic rings. The van der Waals surface area contributed by atoms with Gasteiger partial charge in [0.15, 0.2) is 0 Å². The summed E-state index contributed by atoms with van der Waals surface area (Å²) in [5.74, 6) is 0. The molecule has 0 amide bonds. The maximum Gasteiger partial charge on any atom is 0.466 e. The van der Waals surface area contributed by atoms with Crippen molar-refractivity contribution in [2.45, 2.75) is 0 Å². The lowest BCUT2D eigenvalue weighted by molar-refractivity contribution is 0.275. The summed E-state index contributed by atoms with van der Waals surface area (Å²) in [6, 6.07) is 30.2. The highest BCUT2D eigenvalue weighted by Gasteiger charge is 2.06. The van der Waals surface area contributed by atoms with Crippen molar-refractivity contribution in [2.24, 2.45) is 0 Å². The molecule has 5 heteroatoms. The molecular formula is C20H17O4P. The largest absolute Gasteiger partial charge is 0.466 e. The van der Waals surface area contributed by atoms with Gasteiger partial charge in [-0.3, -0.25) is 0 Å². The third-order valence-corrected chi connectivity index (χ3v) is 3.87. The third kappa shape index (κ3) is 4.32. The molecular weight excluding hydrogens is 335 g/mol. The Morgan fingerprint density at radius 2 is 0.840 bits per heavy atom. The minimum absolute atomic E-state index is 1.29. The van der Waals surface area contributed by atoms with E-state index in [4.69, 9.17) is 19.2 Å². The maximum atomic E-state index is 8.88. The number of rotatable bonds is 1. The van der Waals surface area contributed by atoms with E-state index in [1.54, 1.807) is 0 Å². The quantitative estimate of drug-likeness (QED) is 0.433. The van der Waals surface area contributed by atoms with Crippen LogP contribution in [0.15, 0.2) is 84.9 Å². The molecule has 0 aliphatic rings. The van der Waals surface area contributed by atoms with Crippen LogP contribution in [0.3, 0.4) is 0 Å². The van der Waals surface area contributed by atoms with Crippen molar-refractivity contribution in [2.75, 3.05) is 0 Å². The second-order valence-corrected chi connectivity index (χ2v) is 6.59. The predicted molar refractivity (Wildman–Crippen MR) is 101 cm³/mol. The van der Waals surface area contributed by atoms with Crippen LogP contribution in [0.4, 0.5) is 0 Å². The second-order valence-electron chi connectivity index (χ2n) is 5.57. The Labute approximate surface area is 145 Å². The fourth-order valence-electron chi connectivity index (χ4n) is 2.92. The standard InChI is InChI=1S/C20H14.H3O4P/c1-3-11-17-15(7-1)9-5-13-19(17)20-14-6-10-16-8-2-4-12-18(16)20;1-5(2,3)4/h1-14H;(H3,1,2,3,4). The van der Waals surface area contributed by atoms with E-state index in [1.165, 1.54) is 32.7 Å². The summed E-state index contributed by atoms with van der Waals surface area (Å²) < 4.78 is 8.88. The van der Waals surface area contributed by atoms with Gasteiger partial charge in [0.05, 0.1) is 0 Å². The van der Waals surface area contributed by atoms with E-state index in [0.717, 1.165) is 0 Å². The van der Waals surface area contributed by atoms with Crippen LogP contribution >= 0.6 is 7.82 Å². The first-order chi connectivity index (χ1) is 11.9. The lowest BCUT2D eigenvalue weighted by Crippen LogP contribution is -1.83. The molecule has 0 bridgehead atoms. The highest BCUT2D eigenvalue weighted by atomic mass is 31.2. The SMILES string of the molecule is O=P(O)(O)O.c1ccc2c(-c3cccc4ccccc34)cccc2c1. The molecule has 0 fully saturated rings. The summed E-state index contributed by atoms with van der Waals surface area (Å²) in [6.07, 6.45) is 0. The lowest BCUT2D eigenvalue weighted by atomic mass is 9.94. The third-order valence-electron chi connectivity index (χ3n) is 3.87. The van der Waals surface area contributed by atoms with Crippen molar-refractivity contribution in [3.63, 3.8) is 0 Å². The van der Waals surface area contributed by atoms with Crippen LogP contribution in [0.1, 0.15) is 0 Å². The Hall–Kier alpha value is -2.49. The van der Waals surface area contributed by atoms with Crippen molar-refractivity contribution < 1.29 is 19.2 Å². The molecule has 0 aliphatic heterocycles. The van der Waals surface area contributed by atoms with Crippen molar-refractivity contribution in [3.8, 4) is 11.1 Å². The molecule has 4 aromatic carbocycles. The van der Waals surface area contributed by atoms with Gasteiger partial charge < -0.3 is 14.7 Å². The molecule has 3 N–H and O–H groups in total. The van der Waals surface area contributed by atoms with Crippen molar-refractivity contribution in [3.05, 3.63) is 84.9 Å². The molecule has 126 valence electrons. The van der Waals surface area contributed by atoms with Gasteiger partial charge in [-0.1, -0.05) is 84.9 Å². The van der Waals surface area contributed by atoms with Gasteiger partial charge >= 0.3 is 7.82 Å². The minimum atomic E-state index is -4.64. The van der Waals surface area contributed by atoms with Crippen LogP contribution in [0.2, 0.25) is 0 Å². The lowest BCUT2D eigenvalue weighted by Gasteiger charge is -2.10. The monoisotopic (exact) mass is 352 g/mol. The van der Waals surface area contributed by atoms with Gasteiger partial charge in [0.1, 0.15) is 0 Å². The van der Waals surface area contributed by atoms with Gasteiger partial charge in [0.2, 0.25) is 0 Å². The fourth-order valence-corrected chi connectivity index (χ4v) is 2.92. The highest BCUT2D eigenvalue weighted by molar-refractivity contribution is 7.45. The van der Waals surface area contributed by atoms with E-state index in [9.17, 15) is 0 Å². The second kappa shape index (κ2) is 7.18. The number of hydrogen-bond donors (Lipinski definition) is 3. The van der Waals surface area contributed by atoms with Crippen LogP contribution in [0.5, 0.6) is 0 Å². The number of benzene rings is 4. The summed E-state index contributed by atoms with van der Waals surface area (Å²) >= 11 is 0. The Morgan fingerprint density at radius 3 is 1.24 bits per heavy atom. The molecule has 0 aromatic heterocycles. The van der Waals surface area contributed by atoms with Crippen LogP contribution in [0.25, 0.3) is 32.7 Å². The van der Waals surface area contributed by atoms with Gasteiger partial charge in [-0.15, -0.1) is 0 Å². The van der Waals surface area contributed by atoms with E-state index >= 15 is 0 Å². The molecule has 0 radical (unpaired) electrons. The van der Waals surface area contributed by atoms with Gasteiger partial charge in [-0.2, -0.15) is 0 Å². The zero-order valence-electron chi connectivity index (χ0n) is 13.3. The van der Waals surface area contributed by atoms with Crippen LogP contribution in [-0.2, 0) is 4.57 Å². The highest BCUT2D eigenvalue weighted by Crippen LogP contribution is 2.33. The Kier molecular flexibility index (Phi) is 4.98. The first kappa shape index (κ1) is 17.3. The Bertz CT molecular complexity index is 973. The Balaban J connectivity index is 0.000000324. The molecule has 0 spiro atoms. The van der Waals surface area contributed by atoms with E-state index in [2.05, 4.69) is 84.9 Å². The summed E-state index contributed by atoms with van der Waals surface area (Å²) in [5, 5.41) is 5.20. The summed E-state index contributed by atoms with van der Waals surface area (Å²) in [5.41, 5.74) is 2.61. The van der Waals surface area contributed by atoms with Gasteiger partial charge in [0, 0.05) is 0 Å². The molecule has 4 rings (SSSR count). The van der Waals surface area contributed by atoms with E-state index in [1.807, 2.05) is 0 Å². The molecule has 0 saturated carbocycles. The summed E-state index contributed by atoms with van der Waals surface area (Å²) in [4.78, 5) is 21.6. The van der Waals surface area contributed by atoms with E-state index in [0.29, 0.717) is 0 Å². The van der Waals surface area contributed by atoms with Crippen molar-refractivity contribution in [1.82, 2.24) is 0 Å². The number of hydrogen-bond acceptors (Lipinski definition) is 1. The van der Waals surface area contributed by atoms with E-state index in [-0.39, 0.29) is 0 Å². The number of phosphoric acid groups is 1. The molecule has 0 aliphatic carbocycles. The summed E-state index contributed by atoms with van der Waals surface area (Å²) in [7, 11) is -4.64. The molecule has 0 unspecified atom stereocenters. The molecule has 0 saturated heterocycles. The predicted octanol–water partition coefficient (Wildman–Crippen LogP) is 4.73. The topological polar surface area (TPSA) is 77.8 Å². The zero-order chi connectivity index (χ0) is 17.9. The zero-order valence-corrected chi connectivity index (χ0v) is 14.2.